The average molecular weight is 471 g/mol. The first-order valence-electron chi connectivity index (χ1n) is 11.9. The number of morpholine rings is 1. The molecule has 0 bridgehead atoms. The minimum Gasteiger partial charge on any atom is -0.379 e. The van der Waals surface area contributed by atoms with Crippen molar-refractivity contribution in [1.29, 1.82) is 0 Å². The van der Waals surface area contributed by atoms with Gasteiger partial charge in [-0.2, -0.15) is 0 Å². The van der Waals surface area contributed by atoms with E-state index in [1.165, 1.54) is 11.3 Å². The van der Waals surface area contributed by atoms with Crippen LogP contribution >= 0.6 is 11.3 Å². The Bertz CT molecular complexity index is 934. The number of carbonyl (C=O) groups excluding carboxylic acids is 2. The molecule has 2 saturated heterocycles. The minimum absolute atomic E-state index is 0.0400. The second-order valence-electron chi connectivity index (χ2n) is 8.96. The summed E-state index contributed by atoms with van der Waals surface area (Å²) in [5.41, 5.74) is 1.83. The van der Waals surface area contributed by atoms with Crippen LogP contribution in [-0.4, -0.2) is 79.1 Å². The van der Waals surface area contributed by atoms with E-state index in [0.29, 0.717) is 25.6 Å². The first-order valence-corrected chi connectivity index (χ1v) is 12.7. The van der Waals surface area contributed by atoms with Crippen molar-refractivity contribution < 1.29 is 14.3 Å². The van der Waals surface area contributed by atoms with Crippen molar-refractivity contribution in [1.82, 2.24) is 20.1 Å². The first kappa shape index (κ1) is 23.9. The van der Waals surface area contributed by atoms with Gasteiger partial charge >= 0.3 is 0 Å². The van der Waals surface area contributed by atoms with E-state index >= 15 is 0 Å². The lowest BCUT2D eigenvalue weighted by molar-refractivity contribution is -0.126. The summed E-state index contributed by atoms with van der Waals surface area (Å²) >= 11 is 1.47. The summed E-state index contributed by atoms with van der Waals surface area (Å²) < 4.78 is 5.37. The van der Waals surface area contributed by atoms with Gasteiger partial charge in [0.2, 0.25) is 5.91 Å². The van der Waals surface area contributed by atoms with Crippen LogP contribution in [0.15, 0.2) is 30.3 Å². The molecule has 2 aliphatic rings. The maximum absolute atomic E-state index is 13.2. The second kappa shape index (κ2) is 11.2. The summed E-state index contributed by atoms with van der Waals surface area (Å²) in [6.07, 6.45) is 1.71. The number of benzene rings is 1. The second-order valence-corrected chi connectivity index (χ2v) is 9.96. The van der Waals surface area contributed by atoms with Gasteiger partial charge in [0.05, 0.1) is 18.9 Å². The zero-order chi connectivity index (χ0) is 23.2. The molecule has 2 amide bonds. The standard InChI is InChI=1S/C25H34N4O3S/c1-18(23(30)26-10-13-28-14-16-32-17-15-28)20-8-11-29(12-9-20)25(31)22-19(2)27-24(33-22)21-6-4-3-5-7-21/h3-7,18,20H,8-17H2,1-2H3,(H,26,30)/t18-/m0/s1. The summed E-state index contributed by atoms with van der Waals surface area (Å²) in [7, 11) is 0. The van der Waals surface area contributed by atoms with Crippen LogP contribution in [0.25, 0.3) is 10.6 Å². The predicted octanol–water partition coefficient (Wildman–Crippen LogP) is 3.06. The molecule has 2 aromatic rings. The third-order valence-electron chi connectivity index (χ3n) is 6.79. The molecule has 178 valence electrons. The summed E-state index contributed by atoms with van der Waals surface area (Å²) in [4.78, 5) is 35.4. The maximum atomic E-state index is 13.2. The number of nitrogens with one attached hydrogen (secondary N) is 1. The third kappa shape index (κ3) is 5.99. The Morgan fingerprint density at radius 3 is 2.55 bits per heavy atom. The molecular weight excluding hydrogens is 436 g/mol. The highest BCUT2D eigenvalue weighted by molar-refractivity contribution is 7.17. The molecule has 2 aliphatic heterocycles. The van der Waals surface area contributed by atoms with Gasteiger partial charge in [0.15, 0.2) is 0 Å². The molecule has 1 aromatic carbocycles. The van der Waals surface area contributed by atoms with Crippen LogP contribution < -0.4 is 5.32 Å². The van der Waals surface area contributed by atoms with Gasteiger partial charge < -0.3 is 15.0 Å². The van der Waals surface area contributed by atoms with Crippen LogP contribution in [0.3, 0.4) is 0 Å². The van der Waals surface area contributed by atoms with Crippen LogP contribution in [-0.2, 0) is 9.53 Å². The fourth-order valence-corrected chi connectivity index (χ4v) is 5.62. The molecule has 4 rings (SSSR count). The van der Waals surface area contributed by atoms with E-state index in [1.54, 1.807) is 0 Å². The lowest BCUT2D eigenvalue weighted by atomic mass is 9.85. The van der Waals surface area contributed by atoms with Gasteiger partial charge in [0.25, 0.3) is 5.91 Å². The van der Waals surface area contributed by atoms with Gasteiger partial charge in [0, 0.05) is 50.7 Å². The van der Waals surface area contributed by atoms with E-state index in [9.17, 15) is 9.59 Å². The van der Waals surface area contributed by atoms with Crippen LogP contribution in [0.1, 0.15) is 35.1 Å². The topological polar surface area (TPSA) is 74.8 Å². The molecule has 2 fully saturated rings. The van der Waals surface area contributed by atoms with E-state index in [-0.39, 0.29) is 17.7 Å². The fraction of sp³-hybridized carbons (Fsp3) is 0.560. The molecule has 1 atom stereocenters. The summed E-state index contributed by atoms with van der Waals surface area (Å²) in [6, 6.07) is 9.99. The van der Waals surface area contributed by atoms with Crippen molar-refractivity contribution >= 4 is 23.2 Å². The number of likely N-dealkylation sites (tertiary alicyclic amines) is 1. The van der Waals surface area contributed by atoms with E-state index < -0.39 is 0 Å². The van der Waals surface area contributed by atoms with Crippen LogP contribution in [0.2, 0.25) is 0 Å². The van der Waals surface area contributed by atoms with Gasteiger partial charge in [0.1, 0.15) is 9.88 Å². The Morgan fingerprint density at radius 2 is 1.85 bits per heavy atom. The molecule has 1 N–H and O–H groups in total. The summed E-state index contributed by atoms with van der Waals surface area (Å²) in [5.74, 6) is 0.453. The molecule has 0 saturated carbocycles. The molecule has 1 aromatic heterocycles. The fourth-order valence-electron chi connectivity index (χ4n) is 4.58. The Hall–Kier alpha value is -2.29. The van der Waals surface area contributed by atoms with Crippen molar-refractivity contribution in [3.05, 3.63) is 40.9 Å². The highest BCUT2D eigenvalue weighted by atomic mass is 32.1. The smallest absolute Gasteiger partial charge is 0.265 e. The highest BCUT2D eigenvalue weighted by Crippen LogP contribution is 2.31. The molecule has 7 nitrogen and oxygen atoms in total. The zero-order valence-corrected chi connectivity index (χ0v) is 20.4. The average Bonchev–Trinajstić information content (AvgIpc) is 3.26. The van der Waals surface area contributed by atoms with Crippen molar-refractivity contribution in [2.75, 3.05) is 52.5 Å². The number of aryl methyl sites for hydroxylation is 1. The van der Waals surface area contributed by atoms with Crippen molar-refractivity contribution in [3.63, 3.8) is 0 Å². The Labute approximate surface area is 200 Å². The largest absolute Gasteiger partial charge is 0.379 e. The molecule has 0 spiro atoms. The first-order chi connectivity index (χ1) is 16.0. The van der Waals surface area contributed by atoms with Gasteiger partial charge in [-0.1, -0.05) is 37.3 Å². The molecule has 0 unspecified atom stereocenters. The van der Waals surface area contributed by atoms with Crippen molar-refractivity contribution in [3.8, 4) is 10.6 Å². The van der Waals surface area contributed by atoms with Crippen molar-refractivity contribution in [2.24, 2.45) is 11.8 Å². The number of nitrogens with zero attached hydrogens (tertiary/aromatic N) is 3. The van der Waals surface area contributed by atoms with E-state index in [0.717, 1.165) is 66.8 Å². The molecule has 8 heteroatoms. The van der Waals surface area contributed by atoms with E-state index in [2.05, 4.69) is 15.2 Å². The normalized spacial score (nSPS) is 18.8. The number of hydrogen-bond donors (Lipinski definition) is 1. The zero-order valence-electron chi connectivity index (χ0n) is 19.6. The van der Waals surface area contributed by atoms with Crippen LogP contribution in [0.4, 0.5) is 0 Å². The summed E-state index contributed by atoms with van der Waals surface area (Å²) in [5, 5.41) is 3.99. The number of carbonyl (C=O) groups is 2. The van der Waals surface area contributed by atoms with E-state index in [4.69, 9.17) is 4.74 Å². The van der Waals surface area contributed by atoms with Crippen LogP contribution in [0.5, 0.6) is 0 Å². The van der Waals surface area contributed by atoms with E-state index in [1.807, 2.05) is 49.1 Å². The number of aromatic nitrogens is 1. The number of piperidine rings is 1. The molecule has 3 heterocycles. The Kier molecular flexibility index (Phi) is 8.11. The minimum atomic E-state index is -0.0400. The number of amides is 2. The Morgan fingerprint density at radius 1 is 1.15 bits per heavy atom. The predicted molar refractivity (Wildman–Crippen MR) is 130 cm³/mol. The monoisotopic (exact) mass is 470 g/mol. The molecule has 33 heavy (non-hydrogen) atoms. The quantitative estimate of drug-likeness (QED) is 0.673. The molecule has 0 aliphatic carbocycles. The number of thiazole rings is 1. The van der Waals surface area contributed by atoms with Gasteiger partial charge in [-0.3, -0.25) is 14.5 Å². The van der Waals surface area contributed by atoms with Gasteiger partial charge in [-0.25, -0.2) is 4.98 Å². The number of rotatable bonds is 7. The maximum Gasteiger partial charge on any atom is 0.265 e. The van der Waals surface area contributed by atoms with Gasteiger partial charge in [-0.15, -0.1) is 11.3 Å². The summed E-state index contributed by atoms with van der Waals surface area (Å²) in [6.45, 7) is 10.3. The molecule has 0 radical (unpaired) electrons. The van der Waals surface area contributed by atoms with Crippen molar-refractivity contribution in [2.45, 2.75) is 26.7 Å². The van der Waals surface area contributed by atoms with Crippen LogP contribution in [0, 0.1) is 18.8 Å². The third-order valence-corrected chi connectivity index (χ3v) is 7.98. The Balaban J connectivity index is 1.25. The number of ether oxygens (including phenoxy) is 1. The molecular formula is C25H34N4O3S. The highest BCUT2D eigenvalue weighted by Gasteiger charge is 2.31. The lowest BCUT2D eigenvalue weighted by Crippen LogP contribution is -2.45. The lowest BCUT2D eigenvalue weighted by Gasteiger charge is -2.34. The van der Waals surface area contributed by atoms with Gasteiger partial charge in [-0.05, 0) is 25.7 Å². The SMILES string of the molecule is Cc1nc(-c2ccccc2)sc1C(=O)N1CCC([C@H](C)C(=O)NCCN2CCOCC2)CC1. The number of hydrogen-bond acceptors (Lipinski definition) is 6.